The first-order valence-corrected chi connectivity index (χ1v) is 6.49. The highest BCUT2D eigenvalue weighted by molar-refractivity contribution is 7.80. The van der Waals surface area contributed by atoms with Gasteiger partial charge in [0.15, 0.2) is 5.11 Å². The van der Waals surface area contributed by atoms with E-state index in [0.29, 0.717) is 11.0 Å². The van der Waals surface area contributed by atoms with E-state index < -0.39 is 0 Å². The van der Waals surface area contributed by atoms with Crippen molar-refractivity contribution >= 4 is 23.0 Å². The zero-order valence-corrected chi connectivity index (χ0v) is 10.5. The first-order valence-electron chi connectivity index (χ1n) is 6.08. The van der Waals surface area contributed by atoms with Crippen LogP contribution in [0.1, 0.15) is 32.6 Å². The zero-order valence-electron chi connectivity index (χ0n) is 9.70. The van der Waals surface area contributed by atoms with Crippen LogP contribution in [0.3, 0.4) is 0 Å². The van der Waals surface area contributed by atoms with Crippen LogP contribution in [-0.4, -0.2) is 17.4 Å². The van der Waals surface area contributed by atoms with Gasteiger partial charge in [-0.2, -0.15) is 5.10 Å². The number of nitrogens with one attached hydrogen (secondary N) is 2. The molecule has 16 heavy (non-hydrogen) atoms. The number of thiocarbonyl (C=S) groups is 1. The Labute approximate surface area is 102 Å². The Morgan fingerprint density at radius 1 is 1.62 bits per heavy atom. The maximum absolute atomic E-state index is 5.13. The summed E-state index contributed by atoms with van der Waals surface area (Å²) in [6.07, 6.45) is 9.20. The SMILES string of the molecule is CCCCNC(=S)N/N=C1/C[C@H]2CC=C[C@H]12. The third kappa shape index (κ3) is 2.61. The summed E-state index contributed by atoms with van der Waals surface area (Å²) in [6, 6.07) is 0. The Hall–Kier alpha value is -0.900. The lowest BCUT2D eigenvalue weighted by Crippen LogP contribution is -2.38. The molecule has 0 aromatic carbocycles. The fraction of sp³-hybridized carbons (Fsp3) is 0.667. The molecule has 0 aliphatic heterocycles. The Bertz CT molecular complexity index is 322. The van der Waals surface area contributed by atoms with Crippen LogP contribution in [0.4, 0.5) is 0 Å². The number of hydrogen-bond donors (Lipinski definition) is 2. The second kappa shape index (κ2) is 5.43. The average molecular weight is 237 g/mol. The highest BCUT2D eigenvalue weighted by Crippen LogP contribution is 2.39. The Morgan fingerprint density at radius 2 is 2.50 bits per heavy atom. The molecule has 0 aromatic rings. The molecule has 88 valence electrons. The van der Waals surface area contributed by atoms with Crippen molar-refractivity contribution < 1.29 is 0 Å². The van der Waals surface area contributed by atoms with Gasteiger partial charge in [-0.3, -0.25) is 5.43 Å². The van der Waals surface area contributed by atoms with Crippen LogP contribution in [0.5, 0.6) is 0 Å². The molecule has 0 saturated heterocycles. The predicted octanol–water partition coefficient (Wildman–Crippen LogP) is 2.20. The summed E-state index contributed by atoms with van der Waals surface area (Å²) in [7, 11) is 0. The van der Waals surface area contributed by atoms with Gasteiger partial charge in [0.1, 0.15) is 0 Å². The van der Waals surface area contributed by atoms with Crippen LogP contribution in [0.15, 0.2) is 17.3 Å². The van der Waals surface area contributed by atoms with E-state index in [1.54, 1.807) is 0 Å². The summed E-state index contributed by atoms with van der Waals surface area (Å²) in [5, 5.41) is 8.15. The Kier molecular flexibility index (Phi) is 3.93. The van der Waals surface area contributed by atoms with Crippen molar-refractivity contribution in [2.45, 2.75) is 32.6 Å². The largest absolute Gasteiger partial charge is 0.361 e. The molecule has 2 aliphatic rings. The van der Waals surface area contributed by atoms with E-state index in [1.165, 1.54) is 18.6 Å². The molecule has 0 amide bonds. The molecule has 2 atom stereocenters. The molecule has 3 nitrogen and oxygen atoms in total. The number of unbranched alkanes of at least 4 members (excludes halogenated alkanes) is 1. The number of fused-ring (bicyclic) bond motifs is 1. The third-order valence-corrected chi connectivity index (χ3v) is 3.50. The normalized spacial score (nSPS) is 28.7. The summed E-state index contributed by atoms with van der Waals surface area (Å²) in [5.74, 6) is 1.41. The fourth-order valence-electron chi connectivity index (χ4n) is 2.20. The molecule has 0 bridgehead atoms. The lowest BCUT2D eigenvalue weighted by atomic mass is 9.74. The molecule has 2 N–H and O–H groups in total. The molecule has 0 aromatic heterocycles. The van der Waals surface area contributed by atoms with E-state index in [0.717, 1.165) is 25.3 Å². The van der Waals surface area contributed by atoms with E-state index in [-0.39, 0.29) is 0 Å². The van der Waals surface area contributed by atoms with Crippen LogP contribution in [-0.2, 0) is 0 Å². The molecule has 2 rings (SSSR count). The molecular formula is C12H19N3S. The number of nitrogens with zero attached hydrogens (tertiary/aromatic N) is 1. The van der Waals surface area contributed by atoms with E-state index >= 15 is 0 Å². The molecule has 4 heteroatoms. The minimum Gasteiger partial charge on any atom is -0.361 e. The number of rotatable bonds is 4. The van der Waals surface area contributed by atoms with Crippen molar-refractivity contribution in [2.24, 2.45) is 16.9 Å². The zero-order chi connectivity index (χ0) is 11.4. The maximum Gasteiger partial charge on any atom is 0.186 e. The molecule has 1 saturated carbocycles. The van der Waals surface area contributed by atoms with Crippen LogP contribution in [0.2, 0.25) is 0 Å². The molecule has 2 aliphatic carbocycles. The van der Waals surface area contributed by atoms with Crippen molar-refractivity contribution in [2.75, 3.05) is 6.54 Å². The van der Waals surface area contributed by atoms with Crippen molar-refractivity contribution in [1.29, 1.82) is 0 Å². The maximum atomic E-state index is 5.13. The minimum absolute atomic E-state index is 0.589. The van der Waals surface area contributed by atoms with Gasteiger partial charge in [-0.05, 0) is 37.4 Å². The highest BCUT2D eigenvalue weighted by Gasteiger charge is 2.37. The van der Waals surface area contributed by atoms with Crippen molar-refractivity contribution in [1.82, 2.24) is 10.7 Å². The van der Waals surface area contributed by atoms with Crippen LogP contribution in [0.25, 0.3) is 0 Å². The van der Waals surface area contributed by atoms with Crippen LogP contribution < -0.4 is 10.7 Å². The second-order valence-electron chi connectivity index (χ2n) is 4.48. The molecular weight excluding hydrogens is 218 g/mol. The standard InChI is InChI=1S/C12H19N3S/c1-2-3-7-13-12(16)15-14-11-8-9-5-4-6-10(9)11/h4,6,9-10H,2-3,5,7-8H2,1H3,(H2,13,15,16)/b14-11-/t9-,10+/m1/s1. The van der Waals surface area contributed by atoms with E-state index in [4.69, 9.17) is 12.2 Å². The highest BCUT2D eigenvalue weighted by atomic mass is 32.1. The third-order valence-electron chi connectivity index (χ3n) is 3.26. The first-order chi connectivity index (χ1) is 7.81. The lowest BCUT2D eigenvalue weighted by Gasteiger charge is -2.31. The number of hydrazone groups is 1. The summed E-state index contributed by atoms with van der Waals surface area (Å²) < 4.78 is 0. The quantitative estimate of drug-likeness (QED) is 0.341. The molecule has 0 unspecified atom stereocenters. The van der Waals surface area contributed by atoms with Gasteiger partial charge in [0, 0.05) is 18.2 Å². The topological polar surface area (TPSA) is 36.4 Å². The van der Waals surface area contributed by atoms with Gasteiger partial charge < -0.3 is 5.32 Å². The Balaban J connectivity index is 1.69. The van der Waals surface area contributed by atoms with Gasteiger partial charge >= 0.3 is 0 Å². The fourth-order valence-corrected chi connectivity index (χ4v) is 2.35. The molecule has 0 heterocycles. The molecule has 1 fully saturated rings. The summed E-state index contributed by atoms with van der Waals surface area (Å²) >= 11 is 5.13. The molecule has 0 spiro atoms. The molecule has 0 radical (unpaired) electrons. The first kappa shape index (κ1) is 11.6. The van der Waals surface area contributed by atoms with Crippen molar-refractivity contribution in [3.8, 4) is 0 Å². The number of hydrogen-bond acceptors (Lipinski definition) is 2. The van der Waals surface area contributed by atoms with Crippen LogP contribution >= 0.6 is 12.2 Å². The van der Waals surface area contributed by atoms with Gasteiger partial charge in [-0.15, -0.1) is 0 Å². The van der Waals surface area contributed by atoms with Gasteiger partial charge in [-0.25, -0.2) is 0 Å². The van der Waals surface area contributed by atoms with Gasteiger partial charge in [0.2, 0.25) is 0 Å². The summed E-state index contributed by atoms with van der Waals surface area (Å²) in [6.45, 7) is 3.10. The smallest absolute Gasteiger partial charge is 0.186 e. The van der Waals surface area contributed by atoms with E-state index in [9.17, 15) is 0 Å². The van der Waals surface area contributed by atoms with Crippen molar-refractivity contribution in [3.05, 3.63) is 12.2 Å². The van der Waals surface area contributed by atoms with E-state index in [2.05, 4.69) is 34.9 Å². The van der Waals surface area contributed by atoms with E-state index in [1.807, 2.05) is 0 Å². The average Bonchev–Trinajstić information content (AvgIpc) is 2.61. The van der Waals surface area contributed by atoms with Gasteiger partial charge in [-0.1, -0.05) is 25.5 Å². The minimum atomic E-state index is 0.589. The van der Waals surface area contributed by atoms with Gasteiger partial charge in [0.25, 0.3) is 0 Å². The monoisotopic (exact) mass is 237 g/mol. The summed E-state index contributed by atoms with van der Waals surface area (Å²) in [4.78, 5) is 0. The summed E-state index contributed by atoms with van der Waals surface area (Å²) in [5.41, 5.74) is 4.18. The Morgan fingerprint density at radius 3 is 3.25 bits per heavy atom. The second-order valence-corrected chi connectivity index (χ2v) is 4.89. The van der Waals surface area contributed by atoms with Crippen LogP contribution in [0, 0.1) is 11.8 Å². The predicted molar refractivity (Wildman–Crippen MR) is 71.4 cm³/mol. The number of allylic oxidation sites excluding steroid dienone is 2. The van der Waals surface area contributed by atoms with Crippen molar-refractivity contribution in [3.63, 3.8) is 0 Å². The van der Waals surface area contributed by atoms with Gasteiger partial charge in [0.05, 0.1) is 0 Å². The lowest BCUT2D eigenvalue weighted by molar-refractivity contribution is 0.444.